The Kier molecular flexibility index (Phi) is 17.4. The maximum absolute atomic E-state index is 12.0. The highest BCUT2D eigenvalue weighted by atomic mass is 79.9. The second kappa shape index (κ2) is 18.4. The van der Waals surface area contributed by atoms with E-state index in [-0.39, 0.29) is 56.4 Å². The molecule has 12 heteroatoms. The minimum absolute atomic E-state index is 0.0445. The molecule has 35 heavy (non-hydrogen) atoms. The molecule has 0 heterocycles. The maximum atomic E-state index is 12.0. The number of aliphatic hydroxyl groups excluding tert-OH is 2. The number of unbranched alkanes of at least 4 members (excludes halogenated alkanes) is 2. The first-order valence-corrected chi connectivity index (χ1v) is 12.8. The van der Waals surface area contributed by atoms with Gasteiger partial charge in [0.15, 0.2) is 5.76 Å². The van der Waals surface area contributed by atoms with E-state index in [0.717, 1.165) is 12.8 Å². The summed E-state index contributed by atoms with van der Waals surface area (Å²) in [6.45, 7) is 7.91. The van der Waals surface area contributed by atoms with E-state index < -0.39 is 0 Å². The van der Waals surface area contributed by atoms with E-state index in [1.54, 1.807) is 0 Å². The highest BCUT2D eigenvalue weighted by molar-refractivity contribution is 9.12. The standard InChI is InChI=1S/C23H30BBr3N2O6/c1-5-16(25)23(35-4)21(27)17(31)13-19(33)29-12-8-6-7-11-28-18(32)10-9-15(24)22(34-3)20(26)14(2)30/h5,9,30-31H,1-2,6-8,10-13H2,3-4H3,(H,28,32)(H,29,33)/b15-9+,21-17-,22-20-,23-16-. The Morgan fingerprint density at radius 3 is 1.97 bits per heavy atom. The zero-order valence-corrected chi connectivity index (χ0v) is 24.5. The van der Waals surface area contributed by atoms with Gasteiger partial charge >= 0.3 is 0 Å². The Hall–Kier alpha value is -1.92. The van der Waals surface area contributed by atoms with Crippen LogP contribution in [0, 0.1) is 0 Å². The number of allylic oxidation sites excluding steroid dienone is 5. The predicted molar refractivity (Wildman–Crippen MR) is 149 cm³/mol. The fourth-order valence-corrected chi connectivity index (χ4v) is 4.06. The molecule has 0 aromatic heterocycles. The quantitative estimate of drug-likeness (QED) is 0.0776. The van der Waals surface area contributed by atoms with Crippen LogP contribution >= 0.6 is 47.8 Å². The fraction of sp³-hybridized carbons (Fsp3) is 0.391. The van der Waals surface area contributed by atoms with Gasteiger partial charge in [-0.25, -0.2) is 0 Å². The first kappa shape index (κ1) is 33.1. The van der Waals surface area contributed by atoms with Crippen molar-refractivity contribution in [2.75, 3.05) is 27.3 Å². The Bertz CT molecular complexity index is 913. The summed E-state index contributed by atoms with van der Waals surface area (Å²) in [6, 6.07) is 0. The minimum atomic E-state index is -0.330. The summed E-state index contributed by atoms with van der Waals surface area (Å²) in [6.07, 6.45) is 5.06. The van der Waals surface area contributed by atoms with Crippen molar-refractivity contribution >= 4 is 67.5 Å². The van der Waals surface area contributed by atoms with Crippen LogP contribution in [0.5, 0.6) is 0 Å². The Morgan fingerprint density at radius 1 is 0.943 bits per heavy atom. The van der Waals surface area contributed by atoms with Crippen LogP contribution < -0.4 is 10.6 Å². The van der Waals surface area contributed by atoms with E-state index in [4.69, 9.17) is 17.3 Å². The van der Waals surface area contributed by atoms with Crippen molar-refractivity contribution in [2.45, 2.75) is 32.1 Å². The lowest BCUT2D eigenvalue weighted by Gasteiger charge is -2.11. The number of hydrogen-bond acceptors (Lipinski definition) is 6. The fourth-order valence-electron chi connectivity index (χ4n) is 2.52. The van der Waals surface area contributed by atoms with Crippen molar-refractivity contribution in [3.8, 4) is 0 Å². The van der Waals surface area contributed by atoms with Gasteiger partial charge in [0.2, 0.25) is 11.8 Å². The Morgan fingerprint density at radius 2 is 1.49 bits per heavy atom. The van der Waals surface area contributed by atoms with E-state index in [2.05, 4.69) is 71.6 Å². The van der Waals surface area contributed by atoms with Gasteiger partial charge in [0, 0.05) is 19.5 Å². The van der Waals surface area contributed by atoms with Gasteiger partial charge in [0.05, 0.1) is 34.1 Å². The van der Waals surface area contributed by atoms with E-state index in [1.165, 1.54) is 26.4 Å². The number of amides is 2. The molecule has 4 N–H and O–H groups in total. The number of carbonyl (C=O) groups is 2. The zero-order valence-electron chi connectivity index (χ0n) is 19.8. The molecule has 0 unspecified atom stereocenters. The van der Waals surface area contributed by atoms with Crippen molar-refractivity contribution in [1.29, 1.82) is 0 Å². The van der Waals surface area contributed by atoms with E-state index in [9.17, 15) is 19.8 Å². The van der Waals surface area contributed by atoms with Crippen LogP contribution in [-0.2, 0) is 19.1 Å². The van der Waals surface area contributed by atoms with Gasteiger partial charge in [-0.05, 0) is 67.1 Å². The summed E-state index contributed by atoms with van der Waals surface area (Å²) in [7, 11) is 8.71. The molecule has 0 saturated carbocycles. The molecule has 0 saturated heterocycles. The van der Waals surface area contributed by atoms with Crippen molar-refractivity contribution in [1.82, 2.24) is 10.6 Å². The highest BCUT2D eigenvalue weighted by Gasteiger charge is 2.15. The van der Waals surface area contributed by atoms with Gasteiger partial charge in [-0.2, -0.15) is 0 Å². The third kappa shape index (κ3) is 13.1. The molecule has 0 aliphatic heterocycles. The number of halogens is 3. The molecule has 2 amide bonds. The van der Waals surface area contributed by atoms with Gasteiger partial charge in [-0.15, -0.1) is 0 Å². The van der Waals surface area contributed by atoms with Crippen LogP contribution in [-0.4, -0.2) is 57.2 Å². The lowest BCUT2D eigenvalue weighted by atomic mass is 9.92. The van der Waals surface area contributed by atoms with E-state index >= 15 is 0 Å². The Balaban J connectivity index is 4.32. The molecular formula is C23H30BBr3N2O6. The van der Waals surface area contributed by atoms with Crippen LogP contribution in [0.4, 0.5) is 0 Å². The normalized spacial score (nSPS) is 13.6. The first-order valence-electron chi connectivity index (χ1n) is 10.5. The number of carbonyl (C=O) groups excluding carboxylic acids is 2. The van der Waals surface area contributed by atoms with E-state index in [0.29, 0.717) is 29.8 Å². The number of methoxy groups -OCH3 is 2. The van der Waals surface area contributed by atoms with Crippen LogP contribution in [0.2, 0.25) is 0 Å². The minimum Gasteiger partial charge on any atom is -0.510 e. The van der Waals surface area contributed by atoms with Gasteiger partial charge < -0.3 is 30.3 Å². The van der Waals surface area contributed by atoms with Crippen molar-refractivity contribution in [3.63, 3.8) is 0 Å². The summed E-state index contributed by atoms with van der Waals surface area (Å²) in [4.78, 5) is 24.0. The van der Waals surface area contributed by atoms with Gasteiger partial charge in [-0.1, -0.05) is 30.8 Å². The topological polar surface area (TPSA) is 117 Å². The zero-order chi connectivity index (χ0) is 27.0. The third-order valence-electron chi connectivity index (χ3n) is 4.31. The lowest BCUT2D eigenvalue weighted by molar-refractivity contribution is -0.121. The first-order chi connectivity index (χ1) is 16.5. The van der Waals surface area contributed by atoms with E-state index in [1.807, 2.05) is 0 Å². The summed E-state index contributed by atoms with van der Waals surface area (Å²) in [5.74, 6) is -0.445. The van der Waals surface area contributed by atoms with Crippen LogP contribution in [0.1, 0.15) is 32.1 Å². The molecule has 8 nitrogen and oxygen atoms in total. The summed E-state index contributed by atoms with van der Waals surface area (Å²) >= 11 is 9.60. The molecule has 0 aromatic rings. The highest BCUT2D eigenvalue weighted by Crippen LogP contribution is 2.28. The Labute approximate surface area is 233 Å². The number of nitrogens with one attached hydrogen (secondary N) is 2. The van der Waals surface area contributed by atoms with Crippen LogP contribution in [0.3, 0.4) is 0 Å². The van der Waals surface area contributed by atoms with Crippen LogP contribution in [0.25, 0.3) is 0 Å². The number of rotatable bonds is 16. The maximum Gasteiger partial charge on any atom is 0.227 e. The predicted octanol–water partition coefficient (Wildman–Crippen LogP) is 5.15. The molecule has 0 aliphatic carbocycles. The van der Waals surface area contributed by atoms with Crippen molar-refractivity contribution in [3.05, 3.63) is 67.3 Å². The summed E-state index contributed by atoms with van der Waals surface area (Å²) in [5, 5.41) is 25.1. The summed E-state index contributed by atoms with van der Waals surface area (Å²) < 4.78 is 11.3. The van der Waals surface area contributed by atoms with Gasteiger partial charge in [0.1, 0.15) is 25.1 Å². The van der Waals surface area contributed by atoms with Gasteiger partial charge in [0.25, 0.3) is 0 Å². The average Bonchev–Trinajstić information content (AvgIpc) is 2.82. The molecule has 2 radical (unpaired) electrons. The van der Waals surface area contributed by atoms with Gasteiger partial charge in [-0.3, -0.25) is 9.59 Å². The van der Waals surface area contributed by atoms with Crippen molar-refractivity contribution < 1.29 is 29.3 Å². The molecular weight excluding hydrogens is 651 g/mol. The number of ether oxygens (including phenoxy) is 2. The molecule has 192 valence electrons. The lowest BCUT2D eigenvalue weighted by Crippen LogP contribution is -2.26. The largest absolute Gasteiger partial charge is 0.510 e. The third-order valence-corrected chi connectivity index (χ3v) is 6.62. The monoisotopic (exact) mass is 678 g/mol. The second-order valence-corrected chi connectivity index (χ2v) is 9.38. The molecule has 0 atom stereocenters. The molecule has 0 spiro atoms. The second-order valence-electron chi connectivity index (χ2n) is 6.94. The summed E-state index contributed by atoms with van der Waals surface area (Å²) in [5.41, 5.74) is 0.191. The molecule has 0 aliphatic rings. The number of aliphatic hydroxyl groups is 2. The van der Waals surface area contributed by atoms with Crippen LogP contribution in [0.15, 0.2) is 67.3 Å². The molecule has 0 rings (SSSR count). The smallest absolute Gasteiger partial charge is 0.227 e. The molecule has 0 bridgehead atoms. The number of hydrogen-bond donors (Lipinski definition) is 4. The van der Waals surface area contributed by atoms with Crippen molar-refractivity contribution in [2.24, 2.45) is 0 Å². The molecule has 0 fully saturated rings. The SMILES string of the molecule is [B]C(=C/CC(=O)NCCCCCNC(=O)C/C(O)=C(Br)\C(OC)=C(\Br)C=C)/C(OC)=C(/Br)C(=C)O. The molecule has 0 aromatic carbocycles. The average molecular weight is 681 g/mol.